The second kappa shape index (κ2) is 6.30. The van der Waals surface area contributed by atoms with E-state index < -0.39 is 6.09 Å². The SMILES string of the molecule is CCOC(=O)N(c1ccc(Cl)cc1)c1ccccc1N. The lowest BCUT2D eigenvalue weighted by atomic mass is 10.2. The summed E-state index contributed by atoms with van der Waals surface area (Å²) in [6.07, 6.45) is -0.479. The fourth-order valence-corrected chi connectivity index (χ4v) is 1.94. The van der Waals surface area contributed by atoms with Gasteiger partial charge in [-0.3, -0.25) is 0 Å². The third kappa shape index (κ3) is 3.03. The molecular weight excluding hydrogens is 276 g/mol. The van der Waals surface area contributed by atoms with E-state index in [1.54, 1.807) is 43.3 Å². The largest absolute Gasteiger partial charge is 0.449 e. The minimum Gasteiger partial charge on any atom is -0.449 e. The highest BCUT2D eigenvalue weighted by atomic mass is 35.5. The number of anilines is 3. The summed E-state index contributed by atoms with van der Waals surface area (Å²) in [6, 6.07) is 14.0. The van der Waals surface area contributed by atoms with Crippen LogP contribution in [0.3, 0.4) is 0 Å². The summed E-state index contributed by atoms with van der Waals surface area (Å²) in [5, 5.41) is 0.596. The van der Waals surface area contributed by atoms with Crippen LogP contribution in [0.1, 0.15) is 6.92 Å². The van der Waals surface area contributed by atoms with Gasteiger partial charge >= 0.3 is 6.09 Å². The molecule has 0 heterocycles. The van der Waals surface area contributed by atoms with Crippen LogP contribution < -0.4 is 10.6 Å². The maximum Gasteiger partial charge on any atom is 0.419 e. The summed E-state index contributed by atoms with van der Waals surface area (Å²) < 4.78 is 5.10. The van der Waals surface area contributed by atoms with E-state index in [2.05, 4.69) is 0 Å². The van der Waals surface area contributed by atoms with Gasteiger partial charge in [0.2, 0.25) is 0 Å². The number of rotatable bonds is 3. The standard InChI is InChI=1S/C15H15ClN2O2/c1-2-20-15(19)18(12-9-7-11(16)8-10-12)14-6-4-3-5-13(14)17/h3-10H,2,17H2,1H3. The zero-order chi connectivity index (χ0) is 14.5. The van der Waals surface area contributed by atoms with Gasteiger partial charge in [0.1, 0.15) is 0 Å². The first-order chi connectivity index (χ1) is 9.63. The number of nitrogens with zero attached hydrogens (tertiary/aromatic N) is 1. The number of ether oxygens (including phenoxy) is 1. The Hall–Kier alpha value is -2.20. The number of halogens is 1. The molecule has 0 spiro atoms. The summed E-state index contributed by atoms with van der Waals surface area (Å²) in [5.41, 5.74) is 7.66. The molecule has 0 aromatic heterocycles. The lowest BCUT2D eigenvalue weighted by Crippen LogP contribution is -2.27. The first-order valence-electron chi connectivity index (χ1n) is 6.20. The predicted octanol–water partition coefficient (Wildman–Crippen LogP) is 4.22. The monoisotopic (exact) mass is 290 g/mol. The molecule has 1 amide bonds. The summed E-state index contributed by atoms with van der Waals surface area (Å²) in [5.74, 6) is 0. The number of hydrogen-bond donors (Lipinski definition) is 1. The molecule has 4 nitrogen and oxygen atoms in total. The molecule has 0 unspecified atom stereocenters. The molecule has 0 radical (unpaired) electrons. The van der Waals surface area contributed by atoms with Gasteiger partial charge in [-0.05, 0) is 43.3 Å². The smallest absolute Gasteiger partial charge is 0.419 e. The first-order valence-corrected chi connectivity index (χ1v) is 6.58. The molecule has 0 aliphatic heterocycles. The van der Waals surface area contributed by atoms with Crippen LogP contribution in [-0.2, 0) is 4.74 Å². The topological polar surface area (TPSA) is 55.6 Å². The van der Waals surface area contributed by atoms with Crippen LogP contribution in [0.15, 0.2) is 48.5 Å². The highest BCUT2D eigenvalue weighted by molar-refractivity contribution is 6.30. The van der Waals surface area contributed by atoms with Gasteiger partial charge in [-0.25, -0.2) is 9.69 Å². The lowest BCUT2D eigenvalue weighted by molar-refractivity contribution is 0.162. The van der Waals surface area contributed by atoms with Crippen molar-refractivity contribution in [2.75, 3.05) is 17.2 Å². The molecule has 2 N–H and O–H groups in total. The zero-order valence-corrected chi connectivity index (χ0v) is 11.8. The zero-order valence-electron chi connectivity index (χ0n) is 11.0. The first kappa shape index (κ1) is 14.2. The van der Waals surface area contributed by atoms with Crippen molar-refractivity contribution in [3.05, 3.63) is 53.6 Å². The maximum absolute atomic E-state index is 12.2. The van der Waals surface area contributed by atoms with E-state index in [1.807, 2.05) is 12.1 Å². The van der Waals surface area contributed by atoms with E-state index in [9.17, 15) is 4.79 Å². The highest BCUT2D eigenvalue weighted by Gasteiger charge is 2.20. The van der Waals surface area contributed by atoms with Gasteiger partial charge in [0, 0.05) is 5.02 Å². The Kier molecular flexibility index (Phi) is 4.48. The van der Waals surface area contributed by atoms with Crippen LogP contribution in [0, 0.1) is 0 Å². The van der Waals surface area contributed by atoms with Crippen molar-refractivity contribution in [2.24, 2.45) is 0 Å². The number of benzene rings is 2. The number of nitrogen functional groups attached to an aromatic ring is 1. The molecular formula is C15H15ClN2O2. The third-order valence-corrected chi connectivity index (χ3v) is 2.96. The Balaban J connectivity index is 2.47. The Morgan fingerprint density at radius 2 is 1.85 bits per heavy atom. The lowest BCUT2D eigenvalue weighted by Gasteiger charge is -2.23. The minimum atomic E-state index is -0.479. The van der Waals surface area contributed by atoms with E-state index in [1.165, 1.54) is 4.90 Å². The second-order valence-electron chi connectivity index (χ2n) is 4.07. The number of nitrogens with two attached hydrogens (primary N) is 1. The Morgan fingerprint density at radius 1 is 1.20 bits per heavy atom. The van der Waals surface area contributed by atoms with Crippen molar-refractivity contribution in [3.63, 3.8) is 0 Å². The van der Waals surface area contributed by atoms with Crippen LogP contribution in [0.5, 0.6) is 0 Å². The number of amides is 1. The van der Waals surface area contributed by atoms with Gasteiger partial charge in [-0.15, -0.1) is 0 Å². The second-order valence-corrected chi connectivity index (χ2v) is 4.51. The van der Waals surface area contributed by atoms with Gasteiger partial charge in [0.15, 0.2) is 0 Å². The van der Waals surface area contributed by atoms with Crippen molar-refractivity contribution in [1.29, 1.82) is 0 Å². The van der Waals surface area contributed by atoms with E-state index in [0.29, 0.717) is 22.1 Å². The molecule has 2 aromatic rings. The number of para-hydroxylation sites is 2. The van der Waals surface area contributed by atoms with E-state index in [-0.39, 0.29) is 6.61 Å². The molecule has 0 fully saturated rings. The summed E-state index contributed by atoms with van der Waals surface area (Å²) in [6.45, 7) is 2.04. The van der Waals surface area contributed by atoms with Crippen molar-refractivity contribution in [3.8, 4) is 0 Å². The van der Waals surface area contributed by atoms with E-state index in [0.717, 1.165) is 0 Å². The Labute approximate surface area is 122 Å². The van der Waals surface area contributed by atoms with Crippen LogP contribution in [0.4, 0.5) is 21.9 Å². The van der Waals surface area contributed by atoms with Crippen molar-refractivity contribution >= 4 is 34.8 Å². The molecule has 104 valence electrons. The van der Waals surface area contributed by atoms with Gasteiger partial charge in [0.25, 0.3) is 0 Å². The molecule has 2 rings (SSSR count). The van der Waals surface area contributed by atoms with Crippen LogP contribution in [0.25, 0.3) is 0 Å². The third-order valence-electron chi connectivity index (χ3n) is 2.71. The highest BCUT2D eigenvalue weighted by Crippen LogP contribution is 2.31. The van der Waals surface area contributed by atoms with Gasteiger partial charge in [-0.2, -0.15) is 0 Å². The minimum absolute atomic E-state index is 0.287. The van der Waals surface area contributed by atoms with E-state index >= 15 is 0 Å². The van der Waals surface area contributed by atoms with Crippen LogP contribution in [0.2, 0.25) is 5.02 Å². The molecule has 0 saturated heterocycles. The van der Waals surface area contributed by atoms with Gasteiger partial charge < -0.3 is 10.5 Å². The van der Waals surface area contributed by atoms with Crippen LogP contribution >= 0.6 is 11.6 Å². The molecule has 0 aliphatic carbocycles. The van der Waals surface area contributed by atoms with E-state index in [4.69, 9.17) is 22.1 Å². The average molecular weight is 291 g/mol. The number of carbonyl (C=O) groups excluding carboxylic acids is 1. The molecule has 0 atom stereocenters. The predicted molar refractivity (Wildman–Crippen MR) is 81.5 cm³/mol. The molecule has 0 aliphatic rings. The molecule has 5 heteroatoms. The van der Waals surface area contributed by atoms with Gasteiger partial charge in [0.05, 0.1) is 23.7 Å². The van der Waals surface area contributed by atoms with Crippen molar-refractivity contribution in [2.45, 2.75) is 6.92 Å². The average Bonchev–Trinajstić information content (AvgIpc) is 2.44. The van der Waals surface area contributed by atoms with Crippen molar-refractivity contribution < 1.29 is 9.53 Å². The quantitative estimate of drug-likeness (QED) is 0.861. The number of hydrogen-bond acceptors (Lipinski definition) is 3. The molecule has 20 heavy (non-hydrogen) atoms. The molecule has 0 bridgehead atoms. The summed E-state index contributed by atoms with van der Waals surface area (Å²) in [4.78, 5) is 13.6. The summed E-state index contributed by atoms with van der Waals surface area (Å²) in [7, 11) is 0. The Bertz CT molecular complexity index is 599. The Morgan fingerprint density at radius 3 is 2.45 bits per heavy atom. The van der Waals surface area contributed by atoms with Crippen LogP contribution in [-0.4, -0.2) is 12.7 Å². The molecule has 2 aromatic carbocycles. The van der Waals surface area contributed by atoms with Crippen molar-refractivity contribution in [1.82, 2.24) is 0 Å². The maximum atomic E-state index is 12.2. The fraction of sp³-hybridized carbons (Fsp3) is 0.133. The van der Waals surface area contributed by atoms with Gasteiger partial charge in [-0.1, -0.05) is 23.7 Å². The summed E-state index contributed by atoms with van der Waals surface area (Å²) >= 11 is 5.87. The molecule has 0 saturated carbocycles. The number of carbonyl (C=O) groups is 1. The fourth-order valence-electron chi connectivity index (χ4n) is 1.81. The normalized spacial score (nSPS) is 10.1.